The predicted molar refractivity (Wildman–Crippen MR) is 65.7 cm³/mol. The molecule has 0 aromatic carbocycles. The first-order valence-electron chi connectivity index (χ1n) is 5.35. The van der Waals surface area contributed by atoms with Gasteiger partial charge >= 0.3 is 0 Å². The Morgan fingerprint density at radius 2 is 2.06 bits per heavy atom. The van der Waals surface area contributed by atoms with Crippen molar-refractivity contribution in [2.45, 2.75) is 25.9 Å². The highest BCUT2D eigenvalue weighted by Crippen LogP contribution is 2.27. The number of nitrogens with zero attached hydrogens (tertiary/aromatic N) is 4. The van der Waals surface area contributed by atoms with Gasteiger partial charge in [-0.2, -0.15) is 5.10 Å². The van der Waals surface area contributed by atoms with Crippen molar-refractivity contribution in [1.29, 1.82) is 0 Å². The molecule has 2 N–H and O–H groups in total. The summed E-state index contributed by atoms with van der Waals surface area (Å²) in [5, 5.41) is 4.77. The van der Waals surface area contributed by atoms with Crippen molar-refractivity contribution in [3.8, 4) is 0 Å². The molecular weight excluding hydrogens is 238 g/mol. The quantitative estimate of drug-likeness (QED) is 0.905. The van der Waals surface area contributed by atoms with Crippen molar-refractivity contribution in [2.24, 2.45) is 5.73 Å². The van der Waals surface area contributed by atoms with Crippen LogP contribution in [0.3, 0.4) is 0 Å². The van der Waals surface area contributed by atoms with Crippen molar-refractivity contribution in [3.05, 3.63) is 41.2 Å². The molecule has 90 valence electrons. The van der Waals surface area contributed by atoms with Crippen LogP contribution >= 0.6 is 11.6 Å². The molecule has 0 aliphatic heterocycles. The fourth-order valence-corrected chi connectivity index (χ4v) is 1.91. The van der Waals surface area contributed by atoms with Crippen LogP contribution in [0.5, 0.6) is 0 Å². The first-order valence-corrected chi connectivity index (χ1v) is 5.73. The molecule has 17 heavy (non-hydrogen) atoms. The summed E-state index contributed by atoms with van der Waals surface area (Å²) in [4.78, 5) is 8.19. The Morgan fingerprint density at radius 1 is 1.29 bits per heavy atom. The maximum absolute atomic E-state index is 6.15. The maximum Gasteiger partial charge on any atom is 0.0928 e. The number of aromatic nitrogens is 4. The molecule has 0 amide bonds. The van der Waals surface area contributed by atoms with E-state index in [9.17, 15) is 0 Å². The SMILES string of the molecule is CC(C)n1ncc(Cl)c1C(N)c1cnccn1. The fraction of sp³-hybridized carbons (Fsp3) is 0.364. The number of hydrogen-bond donors (Lipinski definition) is 1. The minimum atomic E-state index is -0.416. The van der Waals surface area contributed by atoms with Crippen molar-refractivity contribution in [1.82, 2.24) is 19.7 Å². The van der Waals surface area contributed by atoms with Gasteiger partial charge in [0, 0.05) is 18.4 Å². The summed E-state index contributed by atoms with van der Waals surface area (Å²) in [7, 11) is 0. The van der Waals surface area contributed by atoms with Gasteiger partial charge in [-0.25, -0.2) is 0 Å². The molecule has 0 radical (unpaired) electrons. The van der Waals surface area contributed by atoms with Crippen molar-refractivity contribution in [2.75, 3.05) is 0 Å². The number of nitrogens with two attached hydrogens (primary N) is 1. The van der Waals surface area contributed by atoms with Gasteiger partial charge in [-0.05, 0) is 13.8 Å². The van der Waals surface area contributed by atoms with Crippen molar-refractivity contribution < 1.29 is 0 Å². The fourth-order valence-electron chi connectivity index (χ4n) is 1.66. The highest BCUT2D eigenvalue weighted by molar-refractivity contribution is 6.31. The molecule has 1 atom stereocenters. The van der Waals surface area contributed by atoms with Crippen molar-refractivity contribution >= 4 is 11.6 Å². The Balaban J connectivity index is 2.43. The van der Waals surface area contributed by atoms with E-state index in [0.717, 1.165) is 5.69 Å². The van der Waals surface area contributed by atoms with E-state index in [1.54, 1.807) is 24.8 Å². The average molecular weight is 252 g/mol. The van der Waals surface area contributed by atoms with E-state index >= 15 is 0 Å². The second-order valence-electron chi connectivity index (χ2n) is 4.02. The predicted octanol–water partition coefficient (Wildman–Crippen LogP) is 1.96. The van der Waals surface area contributed by atoms with Gasteiger partial charge in [0.1, 0.15) is 0 Å². The summed E-state index contributed by atoms with van der Waals surface area (Å²) in [5.74, 6) is 0. The van der Waals surface area contributed by atoms with Crippen LogP contribution in [0.25, 0.3) is 0 Å². The zero-order chi connectivity index (χ0) is 12.4. The monoisotopic (exact) mass is 251 g/mol. The molecule has 0 saturated carbocycles. The summed E-state index contributed by atoms with van der Waals surface area (Å²) < 4.78 is 1.81. The number of hydrogen-bond acceptors (Lipinski definition) is 4. The van der Waals surface area contributed by atoms with Gasteiger partial charge in [0.2, 0.25) is 0 Å². The summed E-state index contributed by atoms with van der Waals surface area (Å²) in [6.07, 6.45) is 6.46. The summed E-state index contributed by atoms with van der Waals surface area (Å²) in [6, 6.07) is -0.221. The van der Waals surface area contributed by atoms with E-state index in [2.05, 4.69) is 15.1 Å². The van der Waals surface area contributed by atoms with E-state index in [1.165, 1.54) is 0 Å². The van der Waals surface area contributed by atoms with Crippen LogP contribution in [-0.4, -0.2) is 19.7 Å². The van der Waals surface area contributed by atoms with E-state index in [4.69, 9.17) is 17.3 Å². The molecule has 6 heteroatoms. The Bertz CT molecular complexity index is 494. The first kappa shape index (κ1) is 12.0. The molecule has 2 rings (SSSR count). The molecule has 0 fully saturated rings. The molecule has 2 aromatic rings. The third-order valence-electron chi connectivity index (χ3n) is 2.47. The maximum atomic E-state index is 6.15. The van der Waals surface area contributed by atoms with E-state index < -0.39 is 6.04 Å². The van der Waals surface area contributed by atoms with Crippen LogP contribution in [-0.2, 0) is 0 Å². The Hall–Kier alpha value is -1.46. The van der Waals surface area contributed by atoms with E-state index in [0.29, 0.717) is 10.7 Å². The third kappa shape index (κ3) is 2.30. The van der Waals surface area contributed by atoms with Crippen LogP contribution in [0.1, 0.15) is 37.3 Å². The second-order valence-corrected chi connectivity index (χ2v) is 4.43. The van der Waals surface area contributed by atoms with Gasteiger partial charge in [-0.1, -0.05) is 11.6 Å². The molecule has 0 saturated heterocycles. The first-order chi connectivity index (χ1) is 8.11. The molecular formula is C11H14ClN5. The Labute approximate surface area is 105 Å². The molecule has 2 aromatic heterocycles. The van der Waals surface area contributed by atoms with E-state index in [-0.39, 0.29) is 6.04 Å². The lowest BCUT2D eigenvalue weighted by Gasteiger charge is -2.16. The molecule has 0 aliphatic rings. The molecule has 0 aliphatic carbocycles. The molecule has 5 nitrogen and oxygen atoms in total. The summed E-state index contributed by atoms with van der Waals surface area (Å²) in [5.41, 5.74) is 7.60. The van der Waals surface area contributed by atoms with Crippen LogP contribution < -0.4 is 5.73 Å². The molecule has 0 spiro atoms. The normalized spacial score (nSPS) is 13.0. The minimum absolute atomic E-state index is 0.195. The standard InChI is InChI=1S/C11H14ClN5/c1-7(2)17-11(8(12)5-16-17)10(13)9-6-14-3-4-15-9/h3-7,10H,13H2,1-2H3. The van der Waals surface area contributed by atoms with E-state index in [1.807, 2.05) is 18.5 Å². The van der Waals surface area contributed by atoms with Crippen LogP contribution in [0.4, 0.5) is 0 Å². The zero-order valence-electron chi connectivity index (χ0n) is 9.71. The number of rotatable bonds is 3. The van der Waals surface area contributed by atoms with Gasteiger partial charge in [0.15, 0.2) is 0 Å². The third-order valence-corrected chi connectivity index (χ3v) is 2.76. The lowest BCUT2D eigenvalue weighted by Crippen LogP contribution is -2.20. The Morgan fingerprint density at radius 3 is 2.65 bits per heavy atom. The summed E-state index contributed by atoms with van der Waals surface area (Å²) >= 11 is 6.12. The molecule has 2 heterocycles. The average Bonchev–Trinajstić information content (AvgIpc) is 2.71. The molecule has 0 bridgehead atoms. The van der Waals surface area contributed by atoms with Crippen LogP contribution in [0, 0.1) is 0 Å². The van der Waals surface area contributed by atoms with Gasteiger partial charge < -0.3 is 5.73 Å². The molecule has 1 unspecified atom stereocenters. The topological polar surface area (TPSA) is 69.6 Å². The minimum Gasteiger partial charge on any atom is -0.318 e. The van der Waals surface area contributed by atoms with Crippen molar-refractivity contribution in [3.63, 3.8) is 0 Å². The second kappa shape index (κ2) is 4.81. The highest BCUT2D eigenvalue weighted by Gasteiger charge is 2.20. The highest BCUT2D eigenvalue weighted by atomic mass is 35.5. The summed E-state index contributed by atoms with van der Waals surface area (Å²) in [6.45, 7) is 4.05. The van der Waals surface area contributed by atoms with Crippen LogP contribution in [0.15, 0.2) is 24.8 Å². The van der Waals surface area contributed by atoms with Gasteiger partial charge in [-0.15, -0.1) is 0 Å². The lowest BCUT2D eigenvalue weighted by atomic mass is 10.1. The van der Waals surface area contributed by atoms with Gasteiger partial charge in [-0.3, -0.25) is 14.6 Å². The van der Waals surface area contributed by atoms with Crippen LogP contribution in [0.2, 0.25) is 5.02 Å². The smallest absolute Gasteiger partial charge is 0.0928 e. The van der Waals surface area contributed by atoms with Gasteiger partial charge in [0.05, 0.1) is 34.8 Å². The zero-order valence-corrected chi connectivity index (χ0v) is 10.5. The van der Waals surface area contributed by atoms with Gasteiger partial charge in [0.25, 0.3) is 0 Å². The lowest BCUT2D eigenvalue weighted by molar-refractivity contribution is 0.497. The Kier molecular flexibility index (Phi) is 3.40. The largest absolute Gasteiger partial charge is 0.318 e. The number of halogens is 1.